The van der Waals surface area contributed by atoms with Crippen molar-refractivity contribution in [2.45, 2.75) is 24.8 Å². The van der Waals surface area contributed by atoms with Crippen LogP contribution in [0.4, 0.5) is 4.39 Å². The van der Waals surface area contributed by atoms with Gasteiger partial charge in [-0.05, 0) is 49.2 Å². The molecule has 28 heavy (non-hydrogen) atoms. The Morgan fingerprint density at radius 2 is 1.82 bits per heavy atom. The van der Waals surface area contributed by atoms with Gasteiger partial charge in [-0.25, -0.2) is 9.18 Å². The Kier molecular flexibility index (Phi) is 5.27. The number of hydrogen-bond acceptors (Lipinski definition) is 4. The molecule has 0 bridgehead atoms. The van der Waals surface area contributed by atoms with E-state index in [0.717, 1.165) is 5.56 Å². The SMILES string of the molecule is COc1ccc(OC)c(C2CC2C(=O)NC(C)(C(=O)O)c2ccc(F)cc2)c1. The Balaban J connectivity index is 1.80. The monoisotopic (exact) mass is 387 g/mol. The van der Waals surface area contributed by atoms with Gasteiger partial charge in [0.15, 0.2) is 5.54 Å². The smallest absolute Gasteiger partial charge is 0.333 e. The molecule has 0 aromatic heterocycles. The summed E-state index contributed by atoms with van der Waals surface area (Å²) in [7, 11) is 3.11. The van der Waals surface area contributed by atoms with Crippen LogP contribution in [0.1, 0.15) is 30.4 Å². The third-order valence-corrected chi connectivity index (χ3v) is 5.19. The second-order valence-corrected chi connectivity index (χ2v) is 6.98. The molecule has 1 saturated carbocycles. The first-order valence-corrected chi connectivity index (χ1v) is 8.83. The number of benzene rings is 2. The number of carbonyl (C=O) groups excluding carboxylic acids is 1. The van der Waals surface area contributed by atoms with Crippen LogP contribution in [0.3, 0.4) is 0 Å². The van der Waals surface area contributed by atoms with E-state index in [1.54, 1.807) is 26.4 Å². The highest BCUT2D eigenvalue weighted by molar-refractivity contribution is 5.90. The lowest BCUT2D eigenvalue weighted by atomic mass is 9.91. The summed E-state index contributed by atoms with van der Waals surface area (Å²) in [5.74, 6) is -1.22. The number of hydrogen-bond donors (Lipinski definition) is 2. The maximum absolute atomic E-state index is 13.2. The predicted octanol–water partition coefficient (Wildman–Crippen LogP) is 3.06. The molecule has 1 aliphatic rings. The molecule has 6 nitrogen and oxygen atoms in total. The lowest BCUT2D eigenvalue weighted by Gasteiger charge is -2.27. The number of carbonyl (C=O) groups is 2. The van der Waals surface area contributed by atoms with Gasteiger partial charge in [-0.3, -0.25) is 4.79 Å². The zero-order valence-corrected chi connectivity index (χ0v) is 15.9. The van der Waals surface area contributed by atoms with Gasteiger partial charge in [0.05, 0.1) is 14.2 Å². The highest BCUT2D eigenvalue weighted by Gasteiger charge is 2.48. The van der Waals surface area contributed by atoms with Crippen molar-refractivity contribution in [2.75, 3.05) is 14.2 Å². The fourth-order valence-corrected chi connectivity index (χ4v) is 3.33. The van der Waals surface area contributed by atoms with Gasteiger partial charge in [0.2, 0.25) is 5.91 Å². The molecule has 3 rings (SSSR count). The molecule has 0 saturated heterocycles. The number of carboxylic acids is 1. The van der Waals surface area contributed by atoms with E-state index in [4.69, 9.17) is 9.47 Å². The molecule has 0 spiro atoms. The van der Waals surface area contributed by atoms with Crippen LogP contribution in [0.15, 0.2) is 42.5 Å². The molecule has 3 unspecified atom stereocenters. The molecular weight excluding hydrogens is 365 g/mol. The van der Waals surface area contributed by atoms with Crippen LogP contribution in [0.25, 0.3) is 0 Å². The number of ether oxygens (including phenoxy) is 2. The molecule has 2 aromatic carbocycles. The fraction of sp³-hybridized carbons (Fsp3) is 0.333. The summed E-state index contributed by atoms with van der Waals surface area (Å²) < 4.78 is 23.8. The average Bonchev–Trinajstić information content (AvgIpc) is 3.48. The molecule has 148 valence electrons. The molecule has 1 amide bonds. The van der Waals surface area contributed by atoms with Crippen molar-refractivity contribution in [1.29, 1.82) is 0 Å². The second kappa shape index (κ2) is 7.50. The number of aliphatic carboxylic acids is 1. The van der Waals surface area contributed by atoms with E-state index >= 15 is 0 Å². The number of rotatable bonds is 7. The Hall–Kier alpha value is -3.09. The second-order valence-electron chi connectivity index (χ2n) is 6.98. The first-order valence-electron chi connectivity index (χ1n) is 8.83. The molecule has 1 aliphatic carbocycles. The van der Waals surface area contributed by atoms with Gasteiger partial charge < -0.3 is 19.9 Å². The van der Waals surface area contributed by atoms with Crippen molar-refractivity contribution in [1.82, 2.24) is 5.32 Å². The number of halogens is 1. The standard InChI is InChI=1S/C21H22FNO5/c1-21(20(25)26,12-4-6-13(22)7-5-12)23-19(24)17-11-15(17)16-10-14(27-2)8-9-18(16)28-3/h4-10,15,17H,11H2,1-3H3,(H,23,24)(H,25,26). The molecule has 3 atom stereocenters. The van der Waals surface area contributed by atoms with Crippen LogP contribution < -0.4 is 14.8 Å². The van der Waals surface area contributed by atoms with Crippen LogP contribution in [0.5, 0.6) is 11.5 Å². The van der Waals surface area contributed by atoms with Gasteiger partial charge in [0.1, 0.15) is 17.3 Å². The molecule has 7 heteroatoms. The third-order valence-electron chi connectivity index (χ3n) is 5.19. The van der Waals surface area contributed by atoms with Crippen molar-refractivity contribution in [2.24, 2.45) is 5.92 Å². The van der Waals surface area contributed by atoms with Gasteiger partial charge in [-0.15, -0.1) is 0 Å². The molecule has 0 aliphatic heterocycles. The summed E-state index contributed by atoms with van der Waals surface area (Å²) in [4.78, 5) is 24.7. The van der Waals surface area contributed by atoms with Gasteiger partial charge in [-0.2, -0.15) is 0 Å². The lowest BCUT2D eigenvalue weighted by Crippen LogP contribution is -2.50. The average molecular weight is 387 g/mol. The number of amides is 1. The zero-order chi connectivity index (χ0) is 20.5. The minimum atomic E-state index is -1.66. The molecule has 0 radical (unpaired) electrons. The molecule has 2 N–H and O–H groups in total. The quantitative estimate of drug-likeness (QED) is 0.763. The van der Waals surface area contributed by atoms with Crippen molar-refractivity contribution in [3.8, 4) is 11.5 Å². The van der Waals surface area contributed by atoms with E-state index in [-0.39, 0.29) is 17.7 Å². The summed E-state index contributed by atoms with van der Waals surface area (Å²) in [6.45, 7) is 1.39. The Bertz CT molecular complexity index is 898. The minimum absolute atomic E-state index is 0.0867. The number of methoxy groups -OCH3 is 2. The summed E-state index contributed by atoms with van der Waals surface area (Å²) in [6.07, 6.45) is 0.578. The van der Waals surface area contributed by atoms with E-state index < -0.39 is 17.3 Å². The maximum Gasteiger partial charge on any atom is 0.333 e. The van der Waals surface area contributed by atoms with Gasteiger partial charge in [0, 0.05) is 17.4 Å². The van der Waals surface area contributed by atoms with E-state index in [9.17, 15) is 19.1 Å². The van der Waals surface area contributed by atoms with Crippen molar-refractivity contribution >= 4 is 11.9 Å². The van der Waals surface area contributed by atoms with Gasteiger partial charge in [-0.1, -0.05) is 12.1 Å². The van der Waals surface area contributed by atoms with Crippen molar-refractivity contribution in [3.05, 3.63) is 59.4 Å². The molecule has 1 fully saturated rings. The number of carboxylic acid groups (broad SMARTS) is 1. The van der Waals surface area contributed by atoms with Crippen LogP contribution in [0, 0.1) is 11.7 Å². The summed E-state index contributed by atoms with van der Waals surface area (Å²) in [6, 6.07) is 10.4. The topological polar surface area (TPSA) is 84.9 Å². The van der Waals surface area contributed by atoms with Crippen molar-refractivity contribution < 1.29 is 28.6 Å². The molecule has 2 aromatic rings. The summed E-state index contributed by atoms with van der Waals surface area (Å²) in [5.41, 5.74) is -0.511. The number of nitrogens with one attached hydrogen (secondary N) is 1. The first-order chi connectivity index (χ1) is 13.3. The van der Waals surface area contributed by atoms with E-state index in [1.807, 2.05) is 6.07 Å². The molecular formula is C21H22FNO5. The summed E-state index contributed by atoms with van der Waals surface area (Å²) in [5, 5.41) is 12.3. The van der Waals surface area contributed by atoms with Crippen LogP contribution in [-0.4, -0.2) is 31.2 Å². The summed E-state index contributed by atoms with van der Waals surface area (Å²) >= 11 is 0. The molecule has 0 heterocycles. The van der Waals surface area contributed by atoms with E-state index in [2.05, 4.69) is 5.32 Å². The minimum Gasteiger partial charge on any atom is -0.497 e. The third kappa shape index (κ3) is 3.65. The normalized spacial score (nSPS) is 20.0. The largest absolute Gasteiger partial charge is 0.497 e. The Labute approximate surface area is 162 Å². The van der Waals surface area contributed by atoms with Crippen LogP contribution in [0.2, 0.25) is 0 Å². The van der Waals surface area contributed by atoms with Gasteiger partial charge >= 0.3 is 5.97 Å². The van der Waals surface area contributed by atoms with E-state index in [0.29, 0.717) is 23.5 Å². The first kappa shape index (κ1) is 19.7. The Morgan fingerprint density at radius 3 is 2.39 bits per heavy atom. The predicted molar refractivity (Wildman–Crippen MR) is 99.9 cm³/mol. The lowest BCUT2D eigenvalue weighted by molar-refractivity contribution is -0.147. The zero-order valence-electron chi connectivity index (χ0n) is 15.9. The van der Waals surface area contributed by atoms with Crippen LogP contribution in [-0.2, 0) is 15.1 Å². The fourth-order valence-electron chi connectivity index (χ4n) is 3.33. The van der Waals surface area contributed by atoms with Crippen LogP contribution >= 0.6 is 0 Å². The highest BCUT2D eigenvalue weighted by atomic mass is 19.1. The van der Waals surface area contributed by atoms with Gasteiger partial charge in [0.25, 0.3) is 0 Å². The highest BCUT2D eigenvalue weighted by Crippen LogP contribution is 2.51. The van der Waals surface area contributed by atoms with E-state index in [1.165, 1.54) is 31.2 Å². The maximum atomic E-state index is 13.2. The Morgan fingerprint density at radius 1 is 1.14 bits per heavy atom. The van der Waals surface area contributed by atoms with Crippen molar-refractivity contribution in [3.63, 3.8) is 0 Å².